The number of hydrogen-bond acceptors (Lipinski definition) is 3. The zero-order valence-corrected chi connectivity index (χ0v) is 13.8. The van der Waals surface area contributed by atoms with E-state index in [9.17, 15) is 0 Å². The molecule has 0 spiro atoms. The van der Waals surface area contributed by atoms with E-state index in [1.54, 1.807) is 0 Å². The van der Waals surface area contributed by atoms with Crippen molar-refractivity contribution in [3.8, 4) is 5.75 Å². The molecule has 3 nitrogen and oxygen atoms in total. The third-order valence-corrected chi connectivity index (χ3v) is 4.11. The summed E-state index contributed by atoms with van der Waals surface area (Å²) in [7, 11) is 0. The molecule has 1 aliphatic heterocycles. The molecular formula is C20H25NO2. The molecule has 3 rings (SSSR count). The molecule has 1 atom stereocenters. The van der Waals surface area contributed by atoms with Gasteiger partial charge in [0.15, 0.2) is 0 Å². The fourth-order valence-corrected chi connectivity index (χ4v) is 2.90. The average Bonchev–Trinajstić information content (AvgIpc) is 3.07. The van der Waals surface area contributed by atoms with Crippen LogP contribution in [0.4, 0.5) is 0 Å². The maximum Gasteiger partial charge on any atom is 0.120 e. The monoisotopic (exact) mass is 311 g/mol. The summed E-state index contributed by atoms with van der Waals surface area (Å²) < 4.78 is 11.5. The summed E-state index contributed by atoms with van der Waals surface area (Å²) >= 11 is 0. The number of benzene rings is 2. The second-order valence-corrected chi connectivity index (χ2v) is 6.19. The molecule has 1 N–H and O–H groups in total. The predicted molar refractivity (Wildman–Crippen MR) is 92.6 cm³/mol. The lowest BCUT2D eigenvalue weighted by molar-refractivity contribution is 0.110. The highest BCUT2D eigenvalue weighted by Gasteiger charge is 2.14. The van der Waals surface area contributed by atoms with Gasteiger partial charge in [-0.2, -0.15) is 0 Å². The van der Waals surface area contributed by atoms with Gasteiger partial charge in [-0.1, -0.05) is 42.0 Å². The molecule has 0 bridgehead atoms. The fourth-order valence-electron chi connectivity index (χ4n) is 2.90. The van der Waals surface area contributed by atoms with Gasteiger partial charge in [0.05, 0.1) is 6.10 Å². The number of hydrogen-bond donors (Lipinski definition) is 1. The second kappa shape index (κ2) is 8.14. The summed E-state index contributed by atoms with van der Waals surface area (Å²) in [5.74, 6) is 0.919. The van der Waals surface area contributed by atoms with E-state index in [4.69, 9.17) is 9.47 Å². The first-order chi connectivity index (χ1) is 11.3. The van der Waals surface area contributed by atoms with Gasteiger partial charge in [0.25, 0.3) is 0 Å². The molecule has 23 heavy (non-hydrogen) atoms. The average molecular weight is 311 g/mol. The predicted octanol–water partition coefficient (Wildman–Crippen LogP) is 3.84. The standard InChI is InChI=1S/C20H25NO2/c1-16-5-2-7-18(11-16)15-23-19-8-3-6-17(12-19)13-21-14-20-9-4-10-22-20/h2-3,5-8,11-12,20-21H,4,9-10,13-15H2,1H3. The SMILES string of the molecule is Cc1cccc(COc2cccc(CNCC3CCCO3)c2)c1. The van der Waals surface area contributed by atoms with Crippen LogP contribution >= 0.6 is 0 Å². The van der Waals surface area contributed by atoms with Crippen molar-refractivity contribution in [1.82, 2.24) is 5.32 Å². The molecule has 0 amide bonds. The lowest BCUT2D eigenvalue weighted by Crippen LogP contribution is -2.25. The van der Waals surface area contributed by atoms with Gasteiger partial charge in [-0.05, 0) is 43.0 Å². The van der Waals surface area contributed by atoms with Gasteiger partial charge < -0.3 is 14.8 Å². The van der Waals surface area contributed by atoms with Crippen LogP contribution in [0.2, 0.25) is 0 Å². The molecule has 1 unspecified atom stereocenters. The van der Waals surface area contributed by atoms with Crippen LogP contribution in [-0.4, -0.2) is 19.3 Å². The lowest BCUT2D eigenvalue weighted by atomic mass is 10.1. The third-order valence-electron chi connectivity index (χ3n) is 4.11. The van der Waals surface area contributed by atoms with Crippen molar-refractivity contribution in [2.75, 3.05) is 13.2 Å². The molecule has 122 valence electrons. The fraction of sp³-hybridized carbons (Fsp3) is 0.400. The van der Waals surface area contributed by atoms with Crippen LogP contribution in [0, 0.1) is 6.92 Å². The Morgan fingerprint density at radius 1 is 1.13 bits per heavy atom. The molecule has 0 saturated carbocycles. The van der Waals surface area contributed by atoms with Gasteiger partial charge in [-0.25, -0.2) is 0 Å². The maximum atomic E-state index is 5.92. The number of rotatable bonds is 7. The van der Waals surface area contributed by atoms with Crippen molar-refractivity contribution in [1.29, 1.82) is 0 Å². The Kier molecular flexibility index (Phi) is 5.67. The first kappa shape index (κ1) is 16.0. The maximum absolute atomic E-state index is 5.92. The molecule has 0 aromatic heterocycles. The number of nitrogens with one attached hydrogen (secondary N) is 1. The van der Waals surface area contributed by atoms with E-state index in [0.29, 0.717) is 12.7 Å². The summed E-state index contributed by atoms with van der Waals surface area (Å²) in [5.41, 5.74) is 3.70. The Hall–Kier alpha value is -1.84. The molecular weight excluding hydrogens is 286 g/mol. The summed E-state index contributed by atoms with van der Waals surface area (Å²) in [6, 6.07) is 16.7. The highest BCUT2D eigenvalue weighted by Crippen LogP contribution is 2.16. The highest BCUT2D eigenvalue weighted by molar-refractivity contribution is 5.29. The van der Waals surface area contributed by atoms with Crippen molar-refractivity contribution in [3.63, 3.8) is 0 Å². The van der Waals surface area contributed by atoms with Crippen LogP contribution in [0.5, 0.6) is 5.75 Å². The van der Waals surface area contributed by atoms with Crippen LogP contribution in [0.15, 0.2) is 48.5 Å². The van der Waals surface area contributed by atoms with Gasteiger partial charge in [0, 0.05) is 19.7 Å². The highest BCUT2D eigenvalue weighted by atomic mass is 16.5. The van der Waals surface area contributed by atoms with E-state index in [-0.39, 0.29) is 0 Å². The molecule has 1 saturated heterocycles. The lowest BCUT2D eigenvalue weighted by Gasteiger charge is -2.12. The molecule has 1 fully saturated rings. The van der Waals surface area contributed by atoms with Crippen molar-refractivity contribution < 1.29 is 9.47 Å². The van der Waals surface area contributed by atoms with E-state index in [1.807, 2.05) is 6.07 Å². The molecule has 3 heteroatoms. The quantitative estimate of drug-likeness (QED) is 0.842. The zero-order chi connectivity index (χ0) is 15.9. The second-order valence-electron chi connectivity index (χ2n) is 6.19. The van der Waals surface area contributed by atoms with Crippen LogP contribution in [0.3, 0.4) is 0 Å². The molecule has 0 radical (unpaired) electrons. The van der Waals surface area contributed by atoms with Crippen molar-refractivity contribution in [2.45, 2.75) is 39.0 Å². The minimum absolute atomic E-state index is 0.385. The van der Waals surface area contributed by atoms with E-state index in [0.717, 1.165) is 25.4 Å². The van der Waals surface area contributed by atoms with Gasteiger partial charge in [0.1, 0.15) is 12.4 Å². The zero-order valence-electron chi connectivity index (χ0n) is 13.8. The molecule has 1 heterocycles. The minimum atomic E-state index is 0.385. The third kappa shape index (κ3) is 5.08. The largest absolute Gasteiger partial charge is 0.489 e. The summed E-state index contributed by atoms with van der Waals surface area (Å²) in [5, 5.41) is 3.47. The van der Waals surface area contributed by atoms with Gasteiger partial charge in [-0.15, -0.1) is 0 Å². The molecule has 2 aromatic rings. The van der Waals surface area contributed by atoms with E-state index in [1.165, 1.54) is 29.5 Å². The number of aryl methyl sites for hydroxylation is 1. The topological polar surface area (TPSA) is 30.5 Å². The van der Waals surface area contributed by atoms with E-state index in [2.05, 4.69) is 54.7 Å². The van der Waals surface area contributed by atoms with Crippen LogP contribution in [-0.2, 0) is 17.9 Å². The Morgan fingerprint density at radius 2 is 2.00 bits per heavy atom. The Bertz CT molecular complexity index is 621. The molecule has 1 aliphatic rings. The summed E-state index contributed by atoms with van der Waals surface area (Å²) in [6.45, 7) is 5.39. The normalized spacial score (nSPS) is 17.3. The minimum Gasteiger partial charge on any atom is -0.489 e. The van der Waals surface area contributed by atoms with Gasteiger partial charge in [0.2, 0.25) is 0 Å². The van der Waals surface area contributed by atoms with Crippen LogP contribution in [0.1, 0.15) is 29.5 Å². The van der Waals surface area contributed by atoms with Crippen molar-refractivity contribution >= 4 is 0 Å². The Labute approximate surface area is 138 Å². The molecule has 2 aromatic carbocycles. The van der Waals surface area contributed by atoms with Crippen LogP contribution in [0.25, 0.3) is 0 Å². The smallest absolute Gasteiger partial charge is 0.120 e. The van der Waals surface area contributed by atoms with E-state index >= 15 is 0 Å². The molecule has 0 aliphatic carbocycles. The van der Waals surface area contributed by atoms with Gasteiger partial charge >= 0.3 is 0 Å². The summed E-state index contributed by atoms with van der Waals surface area (Å²) in [6.07, 6.45) is 2.75. The number of ether oxygens (including phenoxy) is 2. The first-order valence-corrected chi connectivity index (χ1v) is 8.39. The van der Waals surface area contributed by atoms with Crippen molar-refractivity contribution in [2.24, 2.45) is 0 Å². The first-order valence-electron chi connectivity index (χ1n) is 8.39. The van der Waals surface area contributed by atoms with Crippen LogP contribution < -0.4 is 10.1 Å². The van der Waals surface area contributed by atoms with Crippen molar-refractivity contribution in [3.05, 3.63) is 65.2 Å². The van der Waals surface area contributed by atoms with Gasteiger partial charge in [-0.3, -0.25) is 0 Å². The Morgan fingerprint density at radius 3 is 2.83 bits per heavy atom. The Balaban J connectivity index is 1.48. The van der Waals surface area contributed by atoms with E-state index < -0.39 is 0 Å². The summed E-state index contributed by atoms with van der Waals surface area (Å²) in [4.78, 5) is 0.